The summed E-state index contributed by atoms with van der Waals surface area (Å²) < 4.78 is 0. The maximum Gasteiger partial charge on any atom is 0.329 e. The summed E-state index contributed by atoms with van der Waals surface area (Å²) in [5, 5.41) is 29.5. The van der Waals surface area contributed by atoms with Crippen LogP contribution in [0.15, 0.2) is 12.3 Å². The van der Waals surface area contributed by atoms with E-state index in [4.69, 9.17) is 5.26 Å². The first kappa shape index (κ1) is 14.7. The molecule has 1 fully saturated rings. The van der Waals surface area contributed by atoms with Gasteiger partial charge in [0.2, 0.25) is 5.82 Å². The highest BCUT2D eigenvalue weighted by atomic mass is 16.6. The number of aliphatic carboxylic acids is 1. The number of carboxylic acid groups (broad SMARTS) is 1. The molecule has 1 aliphatic heterocycles. The molecule has 1 aromatic rings. The van der Waals surface area contributed by atoms with E-state index in [0.717, 1.165) is 18.9 Å². The van der Waals surface area contributed by atoms with E-state index in [2.05, 4.69) is 4.98 Å². The Bertz CT molecular complexity index is 640. The highest BCUT2D eigenvalue weighted by Crippen LogP contribution is 2.36. The van der Waals surface area contributed by atoms with Gasteiger partial charge in [-0.2, -0.15) is 5.26 Å². The minimum atomic E-state index is -1.23. The molecule has 1 atom stereocenters. The van der Waals surface area contributed by atoms with Gasteiger partial charge in [-0.1, -0.05) is 0 Å². The Hall–Kier alpha value is -2.69. The molecular weight excluding hydrogens is 276 g/mol. The summed E-state index contributed by atoms with van der Waals surface area (Å²) in [5.74, 6) is -1.04. The summed E-state index contributed by atoms with van der Waals surface area (Å²) >= 11 is 0. The zero-order chi connectivity index (χ0) is 15.6. The molecule has 0 aromatic carbocycles. The predicted molar refractivity (Wildman–Crippen MR) is 72.8 cm³/mol. The Kier molecular flexibility index (Phi) is 3.76. The number of nitriles is 1. The average Bonchev–Trinajstić information content (AvgIpc) is 2.47. The van der Waals surface area contributed by atoms with Crippen molar-refractivity contribution < 1.29 is 14.8 Å². The Morgan fingerprint density at radius 1 is 1.62 bits per heavy atom. The molecular formula is C13H14N4O4. The molecule has 1 unspecified atom stereocenters. The molecule has 1 N–H and O–H groups in total. The molecule has 0 bridgehead atoms. The first-order valence-corrected chi connectivity index (χ1v) is 6.45. The van der Waals surface area contributed by atoms with Crippen molar-refractivity contribution >= 4 is 17.5 Å². The number of nitrogens with zero attached hydrogens (tertiary/aromatic N) is 4. The van der Waals surface area contributed by atoms with Crippen molar-refractivity contribution in [1.82, 2.24) is 4.98 Å². The lowest BCUT2D eigenvalue weighted by Crippen LogP contribution is -2.55. The Labute approximate surface area is 120 Å². The van der Waals surface area contributed by atoms with Crippen molar-refractivity contribution in [3.05, 3.63) is 27.9 Å². The lowest BCUT2D eigenvalue weighted by molar-refractivity contribution is -0.384. The number of rotatable bonds is 3. The van der Waals surface area contributed by atoms with Gasteiger partial charge in [0.25, 0.3) is 0 Å². The monoisotopic (exact) mass is 290 g/mol. The number of hydrogen-bond donors (Lipinski definition) is 1. The third-order valence-corrected chi connectivity index (χ3v) is 3.78. The first-order chi connectivity index (χ1) is 9.90. The quantitative estimate of drug-likeness (QED) is 0.664. The number of carboxylic acids is 1. The molecule has 2 heterocycles. The molecule has 0 saturated carbocycles. The first-order valence-electron chi connectivity index (χ1n) is 6.45. The van der Waals surface area contributed by atoms with Crippen LogP contribution < -0.4 is 4.90 Å². The summed E-state index contributed by atoms with van der Waals surface area (Å²) in [7, 11) is 0. The van der Waals surface area contributed by atoms with Crippen LogP contribution in [0.5, 0.6) is 0 Å². The number of anilines is 1. The Morgan fingerprint density at radius 3 is 2.90 bits per heavy atom. The van der Waals surface area contributed by atoms with Crippen molar-refractivity contribution in [3.8, 4) is 6.07 Å². The van der Waals surface area contributed by atoms with Crippen LogP contribution in [-0.2, 0) is 4.79 Å². The maximum atomic E-state index is 11.6. The van der Waals surface area contributed by atoms with Crippen LogP contribution in [0, 0.1) is 21.4 Å². The van der Waals surface area contributed by atoms with Crippen LogP contribution in [0.2, 0.25) is 0 Å². The predicted octanol–water partition coefficient (Wildman–Crippen LogP) is 1.70. The van der Waals surface area contributed by atoms with Crippen molar-refractivity contribution in [3.63, 3.8) is 0 Å². The topological polar surface area (TPSA) is 120 Å². The molecule has 0 amide bonds. The van der Waals surface area contributed by atoms with E-state index in [1.807, 2.05) is 0 Å². The summed E-state index contributed by atoms with van der Waals surface area (Å²) in [6, 6.07) is 2.92. The number of aromatic nitrogens is 1. The minimum absolute atomic E-state index is 0.00333. The molecule has 1 aliphatic rings. The molecule has 2 rings (SSSR count). The SMILES string of the molecule is CC1(C(=O)O)CCCCN1c1ncc(C#N)cc1[N+](=O)[O-]. The van der Waals surface area contributed by atoms with E-state index in [1.54, 1.807) is 6.07 Å². The fourth-order valence-electron chi connectivity index (χ4n) is 2.53. The van der Waals surface area contributed by atoms with E-state index in [0.29, 0.717) is 13.0 Å². The molecule has 110 valence electrons. The molecule has 0 radical (unpaired) electrons. The van der Waals surface area contributed by atoms with Gasteiger partial charge >= 0.3 is 11.7 Å². The zero-order valence-electron chi connectivity index (χ0n) is 11.4. The fraction of sp³-hybridized carbons (Fsp3) is 0.462. The van der Waals surface area contributed by atoms with E-state index in [9.17, 15) is 20.0 Å². The number of piperidine rings is 1. The van der Waals surface area contributed by atoms with Crippen LogP contribution >= 0.6 is 0 Å². The third-order valence-electron chi connectivity index (χ3n) is 3.78. The van der Waals surface area contributed by atoms with Crippen molar-refractivity contribution in [1.29, 1.82) is 5.26 Å². The van der Waals surface area contributed by atoms with Gasteiger partial charge in [0.05, 0.1) is 10.5 Å². The van der Waals surface area contributed by atoms with Crippen molar-refractivity contribution in [2.45, 2.75) is 31.7 Å². The van der Waals surface area contributed by atoms with Crippen molar-refractivity contribution in [2.75, 3.05) is 11.4 Å². The van der Waals surface area contributed by atoms with E-state index >= 15 is 0 Å². The second-order valence-corrected chi connectivity index (χ2v) is 5.12. The van der Waals surface area contributed by atoms with Crippen LogP contribution in [0.3, 0.4) is 0 Å². The molecule has 0 spiro atoms. The lowest BCUT2D eigenvalue weighted by Gasteiger charge is -2.41. The molecule has 8 nitrogen and oxygen atoms in total. The summed E-state index contributed by atoms with van der Waals surface area (Å²) in [4.78, 5) is 27.6. The van der Waals surface area contributed by atoms with Gasteiger partial charge in [-0.15, -0.1) is 0 Å². The largest absolute Gasteiger partial charge is 0.480 e. The summed E-state index contributed by atoms with van der Waals surface area (Å²) in [5.41, 5.74) is -1.51. The zero-order valence-corrected chi connectivity index (χ0v) is 11.4. The number of pyridine rings is 1. The van der Waals surface area contributed by atoms with E-state index in [1.165, 1.54) is 18.0 Å². The van der Waals surface area contributed by atoms with E-state index in [-0.39, 0.29) is 17.1 Å². The standard InChI is InChI=1S/C13H14N4O4/c1-13(12(18)19)4-2-3-5-16(13)11-10(17(20)21)6-9(7-14)8-15-11/h6,8H,2-5H2,1H3,(H,18,19). The maximum absolute atomic E-state index is 11.6. The second-order valence-electron chi connectivity index (χ2n) is 5.12. The second kappa shape index (κ2) is 5.36. The minimum Gasteiger partial charge on any atom is -0.480 e. The fourth-order valence-corrected chi connectivity index (χ4v) is 2.53. The molecule has 0 aliphatic carbocycles. The van der Waals surface area contributed by atoms with Gasteiger partial charge in [0.15, 0.2) is 0 Å². The van der Waals surface area contributed by atoms with Gasteiger partial charge < -0.3 is 10.0 Å². The highest BCUT2D eigenvalue weighted by Gasteiger charge is 2.44. The van der Waals surface area contributed by atoms with Crippen LogP contribution in [0.1, 0.15) is 31.7 Å². The van der Waals surface area contributed by atoms with Crippen LogP contribution in [-0.4, -0.2) is 33.1 Å². The smallest absolute Gasteiger partial charge is 0.329 e. The molecule has 1 saturated heterocycles. The Balaban J connectivity index is 2.56. The highest BCUT2D eigenvalue weighted by molar-refractivity contribution is 5.84. The number of hydrogen-bond acceptors (Lipinski definition) is 6. The van der Waals surface area contributed by atoms with Crippen LogP contribution in [0.25, 0.3) is 0 Å². The lowest BCUT2D eigenvalue weighted by atomic mass is 9.88. The van der Waals surface area contributed by atoms with Gasteiger partial charge in [-0.3, -0.25) is 10.1 Å². The van der Waals surface area contributed by atoms with Crippen molar-refractivity contribution in [2.24, 2.45) is 0 Å². The molecule has 21 heavy (non-hydrogen) atoms. The molecule has 1 aromatic heterocycles. The average molecular weight is 290 g/mol. The van der Waals surface area contributed by atoms with Gasteiger partial charge in [-0.05, 0) is 26.2 Å². The Morgan fingerprint density at radius 2 is 2.33 bits per heavy atom. The van der Waals surface area contributed by atoms with Gasteiger partial charge in [0.1, 0.15) is 11.6 Å². The number of nitro groups is 1. The number of carbonyl (C=O) groups is 1. The van der Waals surface area contributed by atoms with Gasteiger partial charge in [0, 0.05) is 18.8 Å². The summed E-state index contributed by atoms with van der Waals surface area (Å²) in [6.07, 6.45) is 3.09. The van der Waals surface area contributed by atoms with E-state index < -0.39 is 16.4 Å². The van der Waals surface area contributed by atoms with Crippen LogP contribution in [0.4, 0.5) is 11.5 Å². The van der Waals surface area contributed by atoms with Gasteiger partial charge in [-0.25, -0.2) is 9.78 Å². The molecule has 8 heteroatoms. The normalized spacial score (nSPS) is 21.6. The summed E-state index contributed by atoms with van der Waals surface area (Å²) in [6.45, 7) is 1.92. The third kappa shape index (κ3) is 2.50.